The zero-order chi connectivity index (χ0) is 11.5. The first-order valence-electron chi connectivity index (χ1n) is 4.67. The average Bonchev–Trinajstić information content (AvgIpc) is 2.14. The molecule has 15 heavy (non-hydrogen) atoms. The van der Waals surface area contributed by atoms with E-state index in [0.717, 1.165) is 5.56 Å². The van der Waals surface area contributed by atoms with Gasteiger partial charge < -0.3 is 10.8 Å². The molecule has 0 atom stereocenters. The van der Waals surface area contributed by atoms with Gasteiger partial charge in [0.15, 0.2) is 9.84 Å². The van der Waals surface area contributed by atoms with Crippen molar-refractivity contribution in [3.05, 3.63) is 23.8 Å². The van der Waals surface area contributed by atoms with E-state index in [-0.39, 0.29) is 29.4 Å². The van der Waals surface area contributed by atoms with Crippen molar-refractivity contribution in [1.29, 1.82) is 0 Å². The highest BCUT2D eigenvalue weighted by atomic mass is 32.2. The van der Waals surface area contributed by atoms with E-state index in [1.807, 2.05) is 6.92 Å². The van der Waals surface area contributed by atoms with Crippen LogP contribution in [-0.4, -0.2) is 25.9 Å². The van der Waals surface area contributed by atoms with Gasteiger partial charge in [0.05, 0.1) is 16.3 Å². The lowest BCUT2D eigenvalue weighted by molar-refractivity contribution is 0.295. The highest BCUT2D eigenvalue weighted by Crippen LogP contribution is 2.21. The summed E-state index contributed by atoms with van der Waals surface area (Å²) in [6.07, 6.45) is 0.232. The molecule has 0 aliphatic heterocycles. The molecule has 0 unspecified atom stereocenters. The fraction of sp³-hybridized carbons (Fsp3) is 0.400. The minimum absolute atomic E-state index is 0.0727. The average molecular weight is 229 g/mol. The van der Waals surface area contributed by atoms with Crippen LogP contribution in [0.5, 0.6) is 0 Å². The summed E-state index contributed by atoms with van der Waals surface area (Å²) >= 11 is 0. The number of aliphatic hydroxyl groups excluding tert-OH is 1. The minimum atomic E-state index is -3.35. The normalized spacial score (nSPS) is 11.6. The van der Waals surface area contributed by atoms with Crippen molar-refractivity contribution in [3.63, 3.8) is 0 Å². The Morgan fingerprint density at radius 2 is 2.07 bits per heavy atom. The van der Waals surface area contributed by atoms with Gasteiger partial charge in [-0.2, -0.15) is 0 Å². The molecule has 0 aliphatic carbocycles. The smallest absolute Gasteiger partial charge is 0.180 e. The van der Waals surface area contributed by atoms with Gasteiger partial charge in [-0.1, -0.05) is 6.07 Å². The number of nitrogen functional groups attached to an aromatic ring is 1. The Bertz CT molecular complexity index is 440. The molecule has 0 aliphatic rings. The molecule has 0 heterocycles. The third-order valence-corrected chi connectivity index (χ3v) is 3.94. The van der Waals surface area contributed by atoms with Crippen molar-refractivity contribution in [1.82, 2.24) is 0 Å². The molecule has 3 N–H and O–H groups in total. The summed E-state index contributed by atoms with van der Waals surface area (Å²) in [5, 5.41) is 8.59. The van der Waals surface area contributed by atoms with Crippen LogP contribution in [-0.2, 0) is 9.84 Å². The van der Waals surface area contributed by atoms with Crippen molar-refractivity contribution in [2.24, 2.45) is 0 Å². The van der Waals surface area contributed by atoms with E-state index in [1.165, 1.54) is 6.07 Å². The number of benzene rings is 1. The maximum atomic E-state index is 11.7. The lowest BCUT2D eigenvalue weighted by Gasteiger charge is -2.07. The van der Waals surface area contributed by atoms with Gasteiger partial charge in [0, 0.05) is 6.61 Å². The van der Waals surface area contributed by atoms with E-state index in [9.17, 15) is 8.42 Å². The zero-order valence-corrected chi connectivity index (χ0v) is 9.42. The topological polar surface area (TPSA) is 80.4 Å². The van der Waals surface area contributed by atoms with Gasteiger partial charge >= 0.3 is 0 Å². The van der Waals surface area contributed by atoms with Crippen LogP contribution < -0.4 is 5.73 Å². The Balaban J connectivity index is 3.05. The highest BCUT2D eigenvalue weighted by molar-refractivity contribution is 7.91. The summed E-state index contributed by atoms with van der Waals surface area (Å²) in [6, 6.07) is 4.85. The molecule has 0 spiro atoms. The lowest BCUT2D eigenvalue weighted by atomic mass is 10.2. The second-order valence-corrected chi connectivity index (χ2v) is 5.51. The lowest BCUT2D eigenvalue weighted by Crippen LogP contribution is -2.10. The van der Waals surface area contributed by atoms with E-state index in [0.29, 0.717) is 0 Å². The maximum absolute atomic E-state index is 11.7. The summed E-state index contributed by atoms with van der Waals surface area (Å²) in [7, 11) is -3.35. The maximum Gasteiger partial charge on any atom is 0.180 e. The molecule has 1 rings (SSSR count). The number of nitrogens with two attached hydrogens (primary N) is 1. The van der Waals surface area contributed by atoms with Crippen LogP contribution in [0, 0.1) is 6.92 Å². The number of hydrogen-bond donors (Lipinski definition) is 2. The standard InChI is InChI=1S/C10H15NO3S/c1-8-3-4-10(9(11)7-8)15(13,14)6-2-5-12/h3-4,7,12H,2,5-6,11H2,1H3. The summed E-state index contributed by atoms with van der Waals surface area (Å²) in [6.45, 7) is 1.71. The molecule has 0 fully saturated rings. The first-order chi connectivity index (χ1) is 6.97. The molecule has 0 amide bonds. The van der Waals surface area contributed by atoms with Crippen LogP contribution in [0.25, 0.3) is 0 Å². The third kappa shape index (κ3) is 2.94. The second kappa shape index (κ2) is 4.63. The molecule has 5 heteroatoms. The van der Waals surface area contributed by atoms with Crippen LogP contribution in [0.1, 0.15) is 12.0 Å². The van der Waals surface area contributed by atoms with E-state index < -0.39 is 9.84 Å². The molecular weight excluding hydrogens is 214 g/mol. The SMILES string of the molecule is Cc1ccc(S(=O)(=O)CCCO)c(N)c1. The Kier molecular flexibility index (Phi) is 3.71. The number of rotatable bonds is 4. The Hall–Kier alpha value is -1.07. The minimum Gasteiger partial charge on any atom is -0.398 e. The van der Waals surface area contributed by atoms with Crippen molar-refractivity contribution in [3.8, 4) is 0 Å². The molecule has 0 saturated carbocycles. The molecule has 0 saturated heterocycles. The van der Waals surface area contributed by atoms with Crippen LogP contribution in [0.3, 0.4) is 0 Å². The predicted molar refractivity (Wildman–Crippen MR) is 59.3 cm³/mol. The van der Waals surface area contributed by atoms with E-state index in [1.54, 1.807) is 12.1 Å². The van der Waals surface area contributed by atoms with Gasteiger partial charge in [-0.05, 0) is 31.0 Å². The van der Waals surface area contributed by atoms with Gasteiger partial charge in [0.1, 0.15) is 0 Å². The third-order valence-electron chi connectivity index (χ3n) is 2.07. The number of sulfone groups is 1. The molecule has 0 radical (unpaired) electrons. The van der Waals surface area contributed by atoms with Gasteiger partial charge in [-0.3, -0.25) is 0 Å². The van der Waals surface area contributed by atoms with Crippen molar-refractivity contribution in [2.75, 3.05) is 18.1 Å². The second-order valence-electron chi connectivity index (χ2n) is 3.44. The highest BCUT2D eigenvalue weighted by Gasteiger charge is 2.16. The molecule has 0 bridgehead atoms. The Morgan fingerprint density at radius 1 is 1.40 bits per heavy atom. The number of aliphatic hydroxyl groups is 1. The largest absolute Gasteiger partial charge is 0.398 e. The fourth-order valence-corrected chi connectivity index (χ4v) is 2.74. The van der Waals surface area contributed by atoms with Crippen LogP contribution in [0.2, 0.25) is 0 Å². The first-order valence-corrected chi connectivity index (χ1v) is 6.32. The van der Waals surface area contributed by atoms with Crippen LogP contribution in [0.4, 0.5) is 5.69 Å². The summed E-state index contributed by atoms with van der Waals surface area (Å²) in [5.41, 5.74) is 6.83. The number of aryl methyl sites for hydroxylation is 1. The molecular formula is C10H15NO3S. The van der Waals surface area contributed by atoms with Gasteiger partial charge in [-0.15, -0.1) is 0 Å². The summed E-state index contributed by atoms with van der Waals surface area (Å²) < 4.78 is 23.5. The first kappa shape index (κ1) is 12.0. The molecule has 0 aromatic heterocycles. The summed E-state index contributed by atoms with van der Waals surface area (Å²) in [4.78, 5) is 0.154. The number of anilines is 1. The predicted octanol–water partition coefficient (Wildman–Crippen LogP) is 0.733. The zero-order valence-electron chi connectivity index (χ0n) is 8.60. The number of hydrogen-bond acceptors (Lipinski definition) is 4. The van der Waals surface area contributed by atoms with Crippen LogP contribution in [0.15, 0.2) is 23.1 Å². The van der Waals surface area contributed by atoms with Crippen molar-refractivity contribution >= 4 is 15.5 Å². The fourth-order valence-electron chi connectivity index (χ4n) is 1.32. The Morgan fingerprint density at radius 3 is 2.60 bits per heavy atom. The van der Waals surface area contributed by atoms with Gasteiger partial charge in [-0.25, -0.2) is 8.42 Å². The molecule has 84 valence electrons. The van der Waals surface area contributed by atoms with Crippen molar-refractivity contribution < 1.29 is 13.5 Å². The van der Waals surface area contributed by atoms with E-state index in [4.69, 9.17) is 10.8 Å². The molecule has 4 nitrogen and oxygen atoms in total. The molecule has 1 aromatic rings. The van der Waals surface area contributed by atoms with E-state index in [2.05, 4.69) is 0 Å². The quantitative estimate of drug-likeness (QED) is 0.746. The van der Waals surface area contributed by atoms with Gasteiger partial charge in [0.25, 0.3) is 0 Å². The monoisotopic (exact) mass is 229 g/mol. The van der Waals surface area contributed by atoms with E-state index >= 15 is 0 Å². The molecule has 1 aromatic carbocycles. The summed E-state index contributed by atoms with van der Waals surface area (Å²) in [5.74, 6) is -0.0727. The van der Waals surface area contributed by atoms with Crippen molar-refractivity contribution in [2.45, 2.75) is 18.2 Å². The van der Waals surface area contributed by atoms with Crippen LogP contribution >= 0.6 is 0 Å². The Labute approximate surface area is 89.7 Å². The van der Waals surface area contributed by atoms with Gasteiger partial charge in [0.2, 0.25) is 0 Å².